The van der Waals surface area contributed by atoms with Crippen molar-refractivity contribution in [3.63, 3.8) is 0 Å². The van der Waals surface area contributed by atoms with Crippen LogP contribution in [-0.2, 0) is 12.6 Å². The van der Waals surface area contributed by atoms with Crippen LogP contribution >= 0.6 is 0 Å². The van der Waals surface area contributed by atoms with Crippen molar-refractivity contribution in [2.75, 3.05) is 0 Å². The quantitative estimate of drug-likeness (QED) is 0.873. The van der Waals surface area contributed by atoms with Gasteiger partial charge < -0.3 is 10.3 Å². The van der Waals surface area contributed by atoms with Gasteiger partial charge in [0.15, 0.2) is 0 Å². The van der Waals surface area contributed by atoms with E-state index in [1.807, 2.05) is 7.05 Å². The Labute approximate surface area is 104 Å². The van der Waals surface area contributed by atoms with Crippen molar-refractivity contribution in [2.24, 2.45) is 12.8 Å². The molecule has 2 rings (SSSR count). The number of halogens is 1. The summed E-state index contributed by atoms with van der Waals surface area (Å²) in [5, 5.41) is 8.70. The smallest absolute Gasteiger partial charge is 0.141 e. The predicted molar refractivity (Wildman–Crippen MR) is 65.0 cm³/mol. The fraction of sp³-hybridized carbons (Fsp3) is 0.231. The molecule has 2 N–H and O–H groups in total. The summed E-state index contributed by atoms with van der Waals surface area (Å²) in [7, 11) is 1.83. The minimum Gasteiger partial charge on any atom is -0.336 e. The highest BCUT2D eigenvalue weighted by Gasteiger charge is 2.27. The lowest BCUT2D eigenvalue weighted by Gasteiger charge is -2.25. The summed E-state index contributed by atoms with van der Waals surface area (Å²) in [4.78, 5) is 4.01. The zero-order valence-electron chi connectivity index (χ0n) is 10.2. The molecule has 1 atom stereocenters. The van der Waals surface area contributed by atoms with E-state index in [0.29, 0.717) is 5.56 Å². The number of hydrogen-bond donors (Lipinski definition) is 1. The fourth-order valence-electron chi connectivity index (χ4n) is 1.93. The van der Waals surface area contributed by atoms with Crippen LogP contribution in [0.2, 0.25) is 0 Å². The van der Waals surface area contributed by atoms with Gasteiger partial charge in [0.1, 0.15) is 11.9 Å². The van der Waals surface area contributed by atoms with Crippen LogP contribution in [0.5, 0.6) is 0 Å². The van der Waals surface area contributed by atoms with Crippen molar-refractivity contribution in [1.82, 2.24) is 9.55 Å². The molecule has 0 aliphatic heterocycles. The molecule has 0 radical (unpaired) electrons. The Morgan fingerprint density at radius 3 is 2.72 bits per heavy atom. The van der Waals surface area contributed by atoms with E-state index in [-0.39, 0.29) is 5.56 Å². The van der Waals surface area contributed by atoms with Gasteiger partial charge in [-0.05, 0) is 24.6 Å². The topological polar surface area (TPSA) is 67.6 Å². The van der Waals surface area contributed by atoms with Crippen LogP contribution in [0, 0.1) is 17.1 Å². The van der Waals surface area contributed by atoms with E-state index in [1.165, 1.54) is 12.1 Å². The maximum atomic E-state index is 13.6. The Bertz CT molecular complexity index is 622. The molecule has 1 aromatic heterocycles. The molecule has 0 saturated carbocycles. The second-order valence-electron chi connectivity index (χ2n) is 4.40. The Morgan fingerprint density at radius 2 is 2.22 bits per heavy atom. The molecule has 0 unspecified atom stereocenters. The molecule has 0 spiro atoms. The molecule has 5 heteroatoms. The number of aromatic nitrogens is 2. The van der Waals surface area contributed by atoms with Gasteiger partial charge in [0.05, 0.1) is 29.3 Å². The summed E-state index contributed by atoms with van der Waals surface area (Å²) >= 11 is 0. The zero-order chi connectivity index (χ0) is 13.3. The summed E-state index contributed by atoms with van der Waals surface area (Å²) in [6.07, 6.45) is 3.29. The van der Waals surface area contributed by atoms with Gasteiger partial charge in [0, 0.05) is 7.05 Å². The molecule has 0 saturated heterocycles. The number of hydrogen-bond acceptors (Lipinski definition) is 3. The van der Waals surface area contributed by atoms with Crippen molar-refractivity contribution in [2.45, 2.75) is 12.5 Å². The highest BCUT2D eigenvalue weighted by atomic mass is 19.1. The number of rotatable bonds is 2. The standard InChI is InChI=1S/C13H13FN4/c1-13(16,12-7-17-8-18(12)2)10-4-3-9(6-15)11(14)5-10/h3-5,7-8H,16H2,1-2H3/t13-/m1/s1. The first kappa shape index (κ1) is 12.3. The molecule has 1 heterocycles. The van der Waals surface area contributed by atoms with E-state index >= 15 is 0 Å². The molecular weight excluding hydrogens is 231 g/mol. The van der Waals surface area contributed by atoms with Crippen LogP contribution in [0.1, 0.15) is 23.7 Å². The Hall–Kier alpha value is -2.19. The predicted octanol–water partition coefficient (Wildman–Crippen LogP) is 1.65. The minimum absolute atomic E-state index is 0.0135. The average molecular weight is 244 g/mol. The molecule has 0 amide bonds. The van der Waals surface area contributed by atoms with Crippen LogP contribution in [0.4, 0.5) is 4.39 Å². The first-order valence-corrected chi connectivity index (χ1v) is 5.42. The number of imidazole rings is 1. The van der Waals surface area contributed by atoms with Crippen molar-refractivity contribution in [3.05, 3.63) is 53.4 Å². The van der Waals surface area contributed by atoms with Crippen LogP contribution in [0.3, 0.4) is 0 Å². The third-order valence-corrected chi connectivity index (χ3v) is 3.04. The molecule has 1 aromatic carbocycles. The van der Waals surface area contributed by atoms with Crippen molar-refractivity contribution < 1.29 is 4.39 Å². The second kappa shape index (κ2) is 4.24. The Balaban J connectivity index is 2.52. The monoisotopic (exact) mass is 244 g/mol. The van der Waals surface area contributed by atoms with Gasteiger partial charge in [0.2, 0.25) is 0 Å². The number of nitrogens with zero attached hydrogens (tertiary/aromatic N) is 3. The summed E-state index contributed by atoms with van der Waals surface area (Å²) in [5.41, 5.74) is 6.78. The molecule has 0 aliphatic carbocycles. The summed E-state index contributed by atoms with van der Waals surface area (Å²) in [5.74, 6) is -0.561. The van der Waals surface area contributed by atoms with Gasteiger partial charge in [0.25, 0.3) is 0 Å². The van der Waals surface area contributed by atoms with Crippen LogP contribution < -0.4 is 5.73 Å². The SMILES string of the molecule is Cn1cncc1[C@](C)(N)c1ccc(C#N)c(F)c1. The first-order valence-electron chi connectivity index (χ1n) is 5.42. The lowest BCUT2D eigenvalue weighted by atomic mass is 9.89. The van der Waals surface area contributed by atoms with Crippen molar-refractivity contribution in [3.8, 4) is 6.07 Å². The third-order valence-electron chi connectivity index (χ3n) is 3.04. The molecule has 0 fully saturated rings. The second-order valence-corrected chi connectivity index (χ2v) is 4.40. The minimum atomic E-state index is -0.861. The number of nitrogens with two attached hydrogens (primary N) is 1. The molecular formula is C13H13FN4. The molecule has 4 nitrogen and oxygen atoms in total. The summed E-state index contributed by atoms with van der Waals surface area (Å²) in [6.45, 7) is 1.78. The van der Waals surface area contributed by atoms with E-state index < -0.39 is 11.4 Å². The molecule has 2 aromatic rings. The van der Waals surface area contributed by atoms with Crippen LogP contribution in [0.15, 0.2) is 30.7 Å². The lowest BCUT2D eigenvalue weighted by molar-refractivity contribution is 0.544. The maximum absolute atomic E-state index is 13.6. The van der Waals surface area contributed by atoms with Crippen LogP contribution in [0.25, 0.3) is 0 Å². The van der Waals surface area contributed by atoms with Crippen LogP contribution in [-0.4, -0.2) is 9.55 Å². The van der Waals surface area contributed by atoms with Gasteiger partial charge in [-0.1, -0.05) is 6.07 Å². The maximum Gasteiger partial charge on any atom is 0.141 e. The molecule has 92 valence electrons. The number of benzene rings is 1. The molecule has 0 bridgehead atoms. The van der Waals surface area contributed by atoms with Gasteiger partial charge in [-0.3, -0.25) is 0 Å². The highest BCUT2D eigenvalue weighted by molar-refractivity contribution is 5.39. The van der Waals surface area contributed by atoms with Gasteiger partial charge in [-0.25, -0.2) is 9.37 Å². The molecule has 0 aliphatic rings. The van der Waals surface area contributed by atoms with E-state index in [0.717, 1.165) is 5.69 Å². The van der Waals surface area contributed by atoms with Crippen molar-refractivity contribution >= 4 is 0 Å². The van der Waals surface area contributed by atoms with Gasteiger partial charge in [-0.2, -0.15) is 5.26 Å². The first-order chi connectivity index (χ1) is 8.46. The van der Waals surface area contributed by atoms with E-state index in [2.05, 4.69) is 4.98 Å². The largest absolute Gasteiger partial charge is 0.336 e. The Kier molecular flexibility index (Phi) is 2.89. The van der Waals surface area contributed by atoms with Gasteiger partial charge in [-0.15, -0.1) is 0 Å². The number of nitriles is 1. The number of aryl methyl sites for hydroxylation is 1. The molecule has 18 heavy (non-hydrogen) atoms. The zero-order valence-corrected chi connectivity index (χ0v) is 10.2. The van der Waals surface area contributed by atoms with Gasteiger partial charge >= 0.3 is 0 Å². The third kappa shape index (κ3) is 1.87. The van der Waals surface area contributed by atoms with E-state index in [1.54, 1.807) is 36.2 Å². The summed E-state index contributed by atoms with van der Waals surface area (Å²) in [6, 6.07) is 6.18. The van der Waals surface area contributed by atoms with E-state index in [4.69, 9.17) is 11.0 Å². The highest BCUT2D eigenvalue weighted by Crippen LogP contribution is 2.27. The van der Waals surface area contributed by atoms with Crippen molar-refractivity contribution in [1.29, 1.82) is 5.26 Å². The fourth-order valence-corrected chi connectivity index (χ4v) is 1.93. The average Bonchev–Trinajstić information content (AvgIpc) is 2.76. The Morgan fingerprint density at radius 1 is 1.50 bits per heavy atom. The normalized spacial score (nSPS) is 13.9. The lowest BCUT2D eigenvalue weighted by Crippen LogP contribution is -2.36. The summed E-state index contributed by atoms with van der Waals surface area (Å²) < 4.78 is 15.4. The van der Waals surface area contributed by atoms with E-state index in [9.17, 15) is 4.39 Å².